The van der Waals surface area contributed by atoms with Crippen LogP contribution in [0.1, 0.15) is 30.4 Å². The number of carbonyl (C=O) groups excluding carboxylic acids is 1. The highest BCUT2D eigenvalue weighted by molar-refractivity contribution is 5.91. The monoisotopic (exact) mass is 300 g/mol. The van der Waals surface area contributed by atoms with Gasteiger partial charge < -0.3 is 15.0 Å². The molecular formula is C17H20N2O3. The Bertz CT molecular complexity index is 720. The Labute approximate surface area is 128 Å². The summed E-state index contributed by atoms with van der Waals surface area (Å²) in [6.45, 7) is 2.56. The number of carboxylic acids is 1. The van der Waals surface area contributed by atoms with Crippen LogP contribution in [0.5, 0.6) is 0 Å². The molecule has 0 saturated carbocycles. The van der Waals surface area contributed by atoms with E-state index in [0.717, 1.165) is 34.9 Å². The fourth-order valence-electron chi connectivity index (χ4n) is 3.20. The number of benzene rings is 1. The molecule has 0 bridgehead atoms. The molecule has 1 atom stereocenters. The summed E-state index contributed by atoms with van der Waals surface area (Å²) in [5.74, 6) is -1.00. The number of piperidine rings is 1. The molecule has 22 heavy (non-hydrogen) atoms. The highest BCUT2D eigenvalue weighted by Gasteiger charge is 2.31. The van der Waals surface area contributed by atoms with E-state index in [-0.39, 0.29) is 12.3 Å². The summed E-state index contributed by atoms with van der Waals surface area (Å²) in [6.07, 6.45) is 4.39. The Kier molecular flexibility index (Phi) is 3.88. The number of H-pyrrole nitrogens is 1. The van der Waals surface area contributed by atoms with Gasteiger partial charge in [-0.3, -0.25) is 4.79 Å². The van der Waals surface area contributed by atoms with Crippen LogP contribution in [0.15, 0.2) is 24.4 Å². The third-order valence-electron chi connectivity index (χ3n) is 4.37. The second kappa shape index (κ2) is 5.83. The molecule has 0 radical (unpaired) electrons. The summed E-state index contributed by atoms with van der Waals surface area (Å²) in [4.78, 5) is 28.6. The Balaban J connectivity index is 1.81. The first-order valence-corrected chi connectivity index (χ1v) is 7.65. The van der Waals surface area contributed by atoms with Crippen LogP contribution >= 0.6 is 0 Å². The van der Waals surface area contributed by atoms with Gasteiger partial charge in [0.2, 0.25) is 5.91 Å². The summed E-state index contributed by atoms with van der Waals surface area (Å²) in [6, 6.07) is 5.40. The van der Waals surface area contributed by atoms with Gasteiger partial charge in [0.1, 0.15) is 6.04 Å². The summed E-state index contributed by atoms with van der Waals surface area (Å²) >= 11 is 0. The van der Waals surface area contributed by atoms with Crippen molar-refractivity contribution in [1.29, 1.82) is 0 Å². The highest BCUT2D eigenvalue weighted by Crippen LogP contribution is 2.23. The minimum atomic E-state index is -0.900. The number of nitrogens with one attached hydrogen (secondary N) is 1. The van der Waals surface area contributed by atoms with E-state index in [1.165, 1.54) is 4.90 Å². The van der Waals surface area contributed by atoms with Gasteiger partial charge in [-0.05, 0) is 43.4 Å². The standard InChI is InChI=1S/C17H20N2O3/c1-11-5-6-13-12(10-18-14(13)8-11)9-16(20)19-7-3-2-4-15(19)17(21)22/h5-6,8,10,15,18H,2-4,7,9H2,1H3,(H,21,22)/t15-/m1/s1. The van der Waals surface area contributed by atoms with Gasteiger partial charge in [-0.1, -0.05) is 12.1 Å². The van der Waals surface area contributed by atoms with E-state index in [1.54, 1.807) is 0 Å². The van der Waals surface area contributed by atoms with Crippen molar-refractivity contribution in [3.8, 4) is 0 Å². The number of aryl methyl sites for hydroxylation is 1. The molecule has 5 nitrogen and oxygen atoms in total. The number of hydrogen-bond donors (Lipinski definition) is 2. The number of aliphatic carboxylic acids is 1. The van der Waals surface area contributed by atoms with Crippen LogP contribution < -0.4 is 0 Å². The highest BCUT2D eigenvalue weighted by atomic mass is 16.4. The SMILES string of the molecule is Cc1ccc2c(CC(=O)N3CCCC[C@@H]3C(=O)O)c[nH]c2c1. The Morgan fingerprint density at radius 2 is 2.18 bits per heavy atom. The summed E-state index contributed by atoms with van der Waals surface area (Å²) in [7, 11) is 0. The van der Waals surface area contributed by atoms with E-state index < -0.39 is 12.0 Å². The summed E-state index contributed by atoms with van der Waals surface area (Å²) in [5, 5.41) is 10.3. The fraction of sp³-hybridized carbons (Fsp3) is 0.412. The zero-order valence-electron chi connectivity index (χ0n) is 12.6. The molecule has 1 amide bonds. The van der Waals surface area contributed by atoms with Crippen LogP contribution in [0.2, 0.25) is 0 Å². The quantitative estimate of drug-likeness (QED) is 0.914. The van der Waals surface area contributed by atoms with Gasteiger partial charge in [0.25, 0.3) is 0 Å². The lowest BCUT2D eigenvalue weighted by molar-refractivity contribution is -0.151. The number of amides is 1. The predicted molar refractivity (Wildman–Crippen MR) is 83.7 cm³/mol. The fourth-order valence-corrected chi connectivity index (χ4v) is 3.20. The molecule has 5 heteroatoms. The number of fused-ring (bicyclic) bond motifs is 1. The molecule has 3 rings (SSSR count). The van der Waals surface area contributed by atoms with E-state index in [4.69, 9.17) is 0 Å². The molecule has 2 N–H and O–H groups in total. The number of nitrogens with zero attached hydrogens (tertiary/aromatic N) is 1. The van der Waals surface area contributed by atoms with Crippen molar-refractivity contribution in [2.75, 3.05) is 6.54 Å². The Morgan fingerprint density at radius 3 is 2.95 bits per heavy atom. The molecule has 1 saturated heterocycles. The zero-order chi connectivity index (χ0) is 15.7. The first-order valence-electron chi connectivity index (χ1n) is 7.65. The smallest absolute Gasteiger partial charge is 0.326 e. The van der Waals surface area contributed by atoms with Crippen LogP contribution in [-0.2, 0) is 16.0 Å². The summed E-state index contributed by atoms with van der Waals surface area (Å²) < 4.78 is 0. The van der Waals surface area contributed by atoms with E-state index in [9.17, 15) is 14.7 Å². The zero-order valence-corrected chi connectivity index (χ0v) is 12.6. The average molecular weight is 300 g/mol. The maximum absolute atomic E-state index is 12.5. The molecule has 1 fully saturated rings. The largest absolute Gasteiger partial charge is 0.480 e. The van der Waals surface area contributed by atoms with Gasteiger partial charge in [-0.2, -0.15) is 0 Å². The molecular weight excluding hydrogens is 280 g/mol. The predicted octanol–water partition coefficient (Wildman–Crippen LogP) is 2.48. The number of hydrogen-bond acceptors (Lipinski definition) is 2. The lowest BCUT2D eigenvalue weighted by Crippen LogP contribution is -2.48. The normalized spacial score (nSPS) is 18.6. The van der Waals surface area contributed by atoms with Gasteiger partial charge in [0.05, 0.1) is 6.42 Å². The van der Waals surface area contributed by atoms with Crippen LogP contribution in [0.4, 0.5) is 0 Å². The average Bonchev–Trinajstić information content (AvgIpc) is 2.89. The van der Waals surface area contributed by atoms with E-state index in [2.05, 4.69) is 4.98 Å². The summed E-state index contributed by atoms with van der Waals surface area (Å²) in [5.41, 5.74) is 3.10. The van der Waals surface area contributed by atoms with Crippen molar-refractivity contribution in [3.63, 3.8) is 0 Å². The number of rotatable bonds is 3. The van der Waals surface area contributed by atoms with Gasteiger partial charge in [-0.25, -0.2) is 4.79 Å². The molecule has 1 aromatic heterocycles. The Hall–Kier alpha value is -2.30. The van der Waals surface area contributed by atoms with Crippen LogP contribution in [0.25, 0.3) is 10.9 Å². The van der Waals surface area contributed by atoms with Gasteiger partial charge in [-0.15, -0.1) is 0 Å². The molecule has 1 aliphatic heterocycles. The van der Waals surface area contributed by atoms with Crippen LogP contribution in [-0.4, -0.2) is 39.5 Å². The molecule has 0 aliphatic carbocycles. The molecule has 0 spiro atoms. The minimum absolute atomic E-state index is 0.103. The minimum Gasteiger partial charge on any atom is -0.480 e. The second-order valence-electron chi connectivity index (χ2n) is 5.98. The maximum Gasteiger partial charge on any atom is 0.326 e. The van der Waals surface area contributed by atoms with Gasteiger partial charge in [0.15, 0.2) is 0 Å². The molecule has 2 aromatic rings. The van der Waals surface area contributed by atoms with Crippen molar-refractivity contribution in [1.82, 2.24) is 9.88 Å². The van der Waals surface area contributed by atoms with E-state index in [0.29, 0.717) is 13.0 Å². The first-order chi connectivity index (χ1) is 10.6. The van der Waals surface area contributed by atoms with Crippen LogP contribution in [0.3, 0.4) is 0 Å². The first kappa shape index (κ1) is 14.6. The van der Waals surface area contributed by atoms with Crippen molar-refractivity contribution in [2.45, 2.75) is 38.6 Å². The van der Waals surface area contributed by atoms with Crippen molar-refractivity contribution >= 4 is 22.8 Å². The Morgan fingerprint density at radius 1 is 1.36 bits per heavy atom. The topological polar surface area (TPSA) is 73.4 Å². The van der Waals surface area contributed by atoms with Crippen molar-refractivity contribution in [2.24, 2.45) is 0 Å². The third-order valence-corrected chi connectivity index (χ3v) is 4.37. The van der Waals surface area contributed by atoms with Gasteiger partial charge >= 0.3 is 5.97 Å². The molecule has 1 aromatic carbocycles. The molecule has 1 aliphatic rings. The number of likely N-dealkylation sites (tertiary alicyclic amines) is 1. The lowest BCUT2D eigenvalue weighted by atomic mass is 10.0. The van der Waals surface area contributed by atoms with Crippen molar-refractivity contribution < 1.29 is 14.7 Å². The molecule has 0 unspecified atom stereocenters. The van der Waals surface area contributed by atoms with Gasteiger partial charge in [0, 0.05) is 23.6 Å². The van der Waals surface area contributed by atoms with Crippen molar-refractivity contribution in [3.05, 3.63) is 35.5 Å². The number of carboxylic acid groups (broad SMARTS) is 1. The second-order valence-corrected chi connectivity index (χ2v) is 5.98. The molecule has 2 heterocycles. The maximum atomic E-state index is 12.5. The number of aromatic amines is 1. The lowest BCUT2D eigenvalue weighted by Gasteiger charge is -2.33. The molecule has 116 valence electrons. The number of carbonyl (C=O) groups is 2. The van der Waals surface area contributed by atoms with E-state index >= 15 is 0 Å². The van der Waals surface area contributed by atoms with Crippen LogP contribution in [0, 0.1) is 6.92 Å². The van der Waals surface area contributed by atoms with E-state index in [1.807, 2.05) is 31.3 Å². The third kappa shape index (κ3) is 2.71. The number of aromatic nitrogens is 1.